The monoisotopic (exact) mass is 227 g/mol. The number of hydroxylamine groups is 2. The van der Waals surface area contributed by atoms with Gasteiger partial charge in [-0.25, -0.2) is 9.59 Å². The Bertz CT molecular complexity index is 345. The molecule has 1 rings (SSSR count). The van der Waals surface area contributed by atoms with Gasteiger partial charge < -0.3 is 9.57 Å². The van der Waals surface area contributed by atoms with Crippen molar-refractivity contribution in [3.05, 3.63) is 12.7 Å². The van der Waals surface area contributed by atoms with Crippen LogP contribution < -0.4 is 0 Å². The fourth-order valence-electron chi connectivity index (χ4n) is 0.975. The van der Waals surface area contributed by atoms with Gasteiger partial charge in [-0.2, -0.15) is 0 Å². The van der Waals surface area contributed by atoms with Crippen molar-refractivity contribution in [2.45, 2.75) is 12.8 Å². The lowest BCUT2D eigenvalue weighted by atomic mass is 10.4. The van der Waals surface area contributed by atoms with E-state index >= 15 is 0 Å². The number of hydrogen-bond acceptors (Lipinski definition) is 6. The first-order valence-corrected chi connectivity index (χ1v) is 4.40. The summed E-state index contributed by atoms with van der Waals surface area (Å²) in [4.78, 5) is 48.1. The van der Waals surface area contributed by atoms with Crippen LogP contribution >= 0.6 is 0 Å². The number of imide groups is 1. The van der Waals surface area contributed by atoms with Crippen LogP contribution in [-0.2, 0) is 28.8 Å². The minimum Gasteiger partial charge on any atom is -0.450 e. The van der Waals surface area contributed by atoms with E-state index in [0.29, 0.717) is 5.06 Å². The van der Waals surface area contributed by atoms with Crippen LogP contribution in [0, 0.1) is 0 Å². The summed E-state index contributed by atoms with van der Waals surface area (Å²) in [6.45, 7) is 2.44. The molecule has 1 heterocycles. The number of amides is 2. The SMILES string of the molecule is C=CC(=O)OCC(=O)ON1C(=O)CCC1=O. The summed E-state index contributed by atoms with van der Waals surface area (Å²) >= 11 is 0. The lowest BCUT2D eigenvalue weighted by Crippen LogP contribution is -2.33. The van der Waals surface area contributed by atoms with Crippen molar-refractivity contribution in [3.63, 3.8) is 0 Å². The molecular formula is C9H9NO6. The van der Waals surface area contributed by atoms with E-state index in [9.17, 15) is 19.2 Å². The van der Waals surface area contributed by atoms with Gasteiger partial charge in [0.2, 0.25) is 0 Å². The molecule has 16 heavy (non-hydrogen) atoms. The van der Waals surface area contributed by atoms with E-state index in [0.717, 1.165) is 6.08 Å². The summed E-state index contributed by atoms with van der Waals surface area (Å²) in [7, 11) is 0. The highest BCUT2D eigenvalue weighted by molar-refractivity contribution is 6.01. The van der Waals surface area contributed by atoms with Crippen LogP contribution in [0.25, 0.3) is 0 Å². The minimum atomic E-state index is -1.00. The van der Waals surface area contributed by atoms with Gasteiger partial charge in [0.1, 0.15) is 0 Å². The molecule has 2 amide bonds. The van der Waals surface area contributed by atoms with Crippen molar-refractivity contribution in [2.24, 2.45) is 0 Å². The molecule has 1 fully saturated rings. The van der Waals surface area contributed by atoms with E-state index in [1.807, 2.05) is 0 Å². The van der Waals surface area contributed by atoms with Gasteiger partial charge in [-0.15, -0.1) is 5.06 Å². The number of hydrogen-bond donors (Lipinski definition) is 0. The first-order chi connectivity index (χ1) is 7.54. The van der Waals surface area contributed by atoms with Crippen LogP contribution in [0.4, 0.5) is 0 Å². The fourth-order valence-corrected chi connectivity index (χ4v) is 0.975. The van der Waals surface area contributed by atoms with Crippen LogP contribution in [0.15, 0.2) is 12.7 Å². The lowest BCUT2D eigenvalue weighted by molar-refractivity contribution is -0.200. The molecule has 1 saturated heterocycles. The van der Waals surface area contributed by atoms with Gasteiger partial charge in [0.05, 0.1) is 0 Å². The molecule has 0 radical (unpaired) electrons. The number of esters is 1. The van der Waals surface area contributed by atoms with E-state index in [1.165, 1.54) is 0 Å². The summed E-state index contributed by atoms with van der Waals surface area (Å²) in [5.74, 6) is -2.98. The Balaban J connectivity index is 2.39. The Morgan fingerprint density at radius 3 is 2.38 bits per heavy atom. The highest BCUT2D eigenvalue weighted by Gasteiger charge is 2.32. The molecule has 0 atom stereocenters. The van der Waals surface area contributed by atoms with Gasteiger partial charge in [-0.05, 0) is 0 Å². The molecule has 0 aromatic heterocycles. The number of nitrogens with zero attached hydrogens (tertiary/aromatic N) is 1. The molecule has 0 unspecified atom stereocenters. The second kappa shape index (κ2) is 5.06. The first kappa shape index (κ1) is 11.9. The maximum Gasteiger partial charge on any atom is 0.370 e. The molecule has 0 aromatic rings. The van der Waals surface area contributed by atoms with E-state index in [-0.39, 0.29) is 12.8 Å². The third-order valence-electron chi connectivity index (χ3n) is 1.70. The third kappa shape index (κ3) is 2.91. The number of carbonyl (C=O) groups is 4. The summed E-state index contributed by atoms with van der Waals surface area (Å²) in [6.07, 6.45) is 0.899. The van der Waals surface area contributed by atoms with Gasteiger partial charge in [0.25, 0.3) is 11.8 Å². The zero-order valence-corrected chi connectivity index (χ0v) is 8.30. The molecule has 0 bridgehead atoms. The van der Waals surface area contributed by atoms with E-state index in [4.69, 9.17) is 0 Å². The lowest BCUT2D eigenvalue weighted by Gasteiger charge is -2.11. The highest BCUT2D eigenvalue weighted by Crippen LogP contribution is 2.11. The average Bonchev–Trinajstić information content (AvgIpc) is 2.57. The van der Waals surface area contributed by atoms with E-state index < -0.39 is 30.4 Å². The Morgan fingerprint density at radius 2 is 1.88 bits per heavy atom. The molecular weight excluding hydrogens is 218 g/mol. The molecule has 0 aliphatic carbocycles. The highest BCUT2D eigenvalue weighted by atomic mass is 16.7. The summed E-state index contributed by atoms with van der Waals surface area (Å²) < 4.78 is 4.35. The summed E-state index contributed by atoms with van der Waals surface area (Å²) in [5.41, 5.74) is 0. The summed E-state index contributed by atoms with van der Waals surface area (Å²) in [6, 6.07) is 0. The van der Waals surface area contributed by atoms with Gasteiger partial charge in [0, 0.05) is 18.9 Å². The molecule has 7 nitrogen and oxygen atoms in total. The second-order valence-corrected chi connectivity index (χ2v) is 2.86. The Kier molecular flexibility index (Phi) is 3.76. The summed E-state index contributed by atoms with van der Waals surface area (Å²) in [5, 5.41) is 0.379. The number of rotatable bonds is 4. The topological polar surface area (TPSA) is 90.0 Å². The maximum atomic E-state index is 11.0. The third-order valence-corrected chi connectivity index (χ3v) is 1.70. The molecule has 86 valence electrons. The van der Waals surface area contributed by atoms with Crippen LogP contribution in [0.3, 0.4) is 0 Å². The minimum absolute atomic E-state index is 0.0125. The zero-order valence-electron chi connectivity index (χ0n) is 8.30. The maximum absolute atomic E-state index is 11.0. The van der Waals surface area contributed by atoms with Crippen molar-refractivity contribution in [1.82, 2.24) is 5.06 Å². The van der Waals surface area contributed by atoms with Crippen molar-refractivity contribution < 1.29 is 28.8 Å². The standard InChI is InChI=1S/C9H9NO6/c1-2-8(13)15-5-9(14)16-10-6(11)3-4-7(10)12/h2H,1,3-5H2. The van der Waals surface area contributed by atoms with Crippen LogP contribution in [0.5, 0.6) is 0 Å². The fraction of sp³-hybridized carbons (Fsp3) is 0.333. The molecule has 0 N–H and O–H groups in total. The number of carbonyl (C=O) groups excluding carboxylic acids is 4. The van der Waals surface area contributed by atoms with Gasteiger partial charge in [0.15, 0.2) is 6.61 Å². The molecule has 0 aromatic carbocycles. The van der Waals surface area contributed by atoms with Gasteiger partial charge in [-0.1, -0.05) is 6.58 Å². The molecule has 0 saturated carbocycles. The van der Waals surface area contributed by atoms with Crippen LogP contribution in [0.1, 0.15) is 12.8 Å². The van der Waals surface area contributed by atoms with E-state index in [1.54, 1.807) is 0 Å². The Hall–Kier alpha value is -2.18. The predicted octanol–water partition coefficient (Wildman–Crippen LogP) is -0.677. The average molecular weight is 227 g/mol. The largest absolute Gasteiger partial charge is 0.450 e. The molecule has 0 spiro atoms. The van der Waals surface area contributed by atoms with Crippen molar-refractivity contribution in [2.75, 3.05) is 6.61 Å². The molecule has 1 aliphatic heterocycles. The smallest absolute Gasteiger partial charge is 0.370 e. The molecule has 7 heteroatoms. The van der Waals surface area contributed by atoms with Crippen molar-refractivity contribution >= 4 is 23.8 Å². The Morgan fingerprint density at radius 1 is 1.31 bits per heavy atom. The Labute approximate surface area is 90.6 Å². The zero-order chi connectivity index (χ0) is 12.1. The van der Waals surface area contributed by atoms with E-state index in [2.05, 4.69) is 16.2 Å². The quantitative estimate of drug-likeness (QED) is 0.359. The molecule has 1 aliphatic rings. The second-order valence-electron chi connectivity index (χ2n) is 2.86. The van der Waals surface area contributed by atoms with Crippen LogP contribution in [-0.4, -0.2) is 35.4 Å². The predicted molar refractivity (Wildman–Crippen MR) is 48.3 cm³/mol. The number of ether oxygens (including phenoxy) is 1. The van der Waals surface area contributed by atoms with Gasteiger partial charge >= 0.3 is 11.9 Å². The van der Waals surface area contributed by atoms with Gasteiger partial charge in [-0.3, -0.25) is 9.59 Å². The first-order valence-electron chi connectivity index (χ1n) is 4.40. The van der Waals surface area contributed by atoms with Crippen molar-refractivity contribution in [1.29, 1.82) is 0 Å². The normalized spacial score (nSPS) is 14.9. The van der Waals surface area contributed by atoms with Crippen molar-refractivity contribution in [3.8, 4) is 0 Å². The van der Waals surface area contributed by atoms with Crippen LogP contribution in [0.2, 0.25) is 0 Å².